The minimum atomic E-state index is -0.928. The van der Waals surface area contributed by atoms with Crippen LogP contribution in [0.1, 0.15) is 11.4 Å². The number of nitrogen functional groups attached to an aromatic ring is 1. The third-order valence-corrected chi connectivity index (χ3v) is 3.65. The predicted octanol–water partition coefficient (Wildman–Crippen LogP) is 0.186. The van der Waals surface area contributed by atoms with Crippen LogP contribution in [0.3, 0.4) is 0 Å². The van der Waals surface area contributed by atoms with Gasteiger partial charge < -0.3 is 10.9 Å². The van der Waals surface area contributed by atoms with Crippen LogP contribution in [0, 0.1) is 13.8 Å². The molecule has 0 aliphatic carbocycles. The van der Waals surface area contributed by atoms with E-state index in [1.54, 1.807) is 4.68 Å². The Hall–Kier alpha value is -2.03. The maximum absolute atomic E-state index is 10.5. The Morgan fingerprint density at radius 3 is 2.63 bits per heavy atom. The average molecular weight is 282 g/mol. The van der Waals surface area contributed by atoms with Gasteiger partial charge in [-0.3, -0.25) is 9.48 Å². The second-order valence-electron chi connectivity index (χ2n) is 4.03. The van der Waals surface area contributed by atoms with E-state index in [9.17, 15) is 4.79 Å². The molecule has 0 bridgehead atoms. The van der Waals surface area contributed by atoms with Gasteiger partial charge in [0.1, 0.15) is 0 Å². The third kappa shape index (κ3) is 2.41. The van der Waals surface area contributed by atoms with Crippen molar-refractivity contribution < 1.29 is 9.90 Å². The van der Waals surface area contributed by atoms with E-state index in [0.29, 0.717) is 11.0 Å². The van der Waals surface area contributed by atoms with Crippen molar-refractivity contribution in [1.82, 2.24) is 24.7 Å². The quantitative estimate of drug-likeness (QED) is 0.608. The Morgan fingerprint density at radius 2 is 2.11 bits per heavy atom. The zero-order valence-electron chi connectivity index (χ0n) is 10.8. The van der Waals surface area contributed by atoms with Crippen molar-refractivity contribution in [2.24, 2.45) is 7.05 Å². The van der Waals surface area contributed by atoms with Crippen molar-refractivity contribution in [3.05, 3.63) is 11.4 Å². The van der Waals surface area contributed by atoms with Crippen molar-refractivity contribution in [2.75, 3.05) is 11.6 Å². The molecule has 0 aromatic carbocycles. The van der Waals surface area contributed by atoms with Gasteiger partial charge in [0.15, 0.2) is 5.82 Å². The van der Waals surface area contributed by atoms with Crippen molar-refractivity contribution in [3.8, 4) is 11.4 Å². The van der Waals surface area contributed by atoms with Crippen molar-refractivity contribution in [3.63, 3.8) is 0 Å². The Morgan fingerprint density at radius 1 is 1.42 bits per heavy atom. The number of rotatable bonds is 4. The number of carboxylic acid groups (broad SMARTS) is 1. The summed E-state index contributed by atoms with van der Waals surface area (Å²) in [5.74, 6) is 5.35. The van der Waals surface area contributed by atoms with Crippen LogP contribution in [0.15, 0.2) is 5.16 Å². The monoisotopic (exact) mass is 282 g/mol. The molecule has 0 aliphatic rings. The molecule has 0 saturated heterocycles. The van der Waals surface area contributed by atoms with Crippen LogP contribution in [0.4, 0.5) is 0 Å². The van der Waals surface area contributed by atoms with Gasteiger partial charge in [0.2, 0.25) is 5.16 Å². The number of nitrogens with two attached hydrogens (primary N) is 1. The number of aliphatic carboxylic acids is 1. The summed E-state index contributed by atoms with van der Waals surface area (Å²) in [4.78, 5) is 10.5. The van der Waals surface area contributed by atoms with Gasteiger partial charge in [0.25, 0.3) is 0 Å². The van der Waals surface area contributed by atoms with Crippen LogP contribution in [-0.4, -0.2) is 41.5 Å². The van der Waals surface area contributed by atoms with Crippen LogP contribution >= 0.6 is 11.8 Å². The molecule has 2 heterocycles. The van der Waals surface area contributed by atoms with Crippen LogP contribution in [0.5, 0.6) is 0 Å². The minimum Gasteiger partial charge on any atom is -0.481 e. The molecule has 3 N–H and O–H groups in total. The molecule has 102 valence electrons. The highest BCUT2D eigenvalue weighted by Gasteiger charge is 2.19. The highest BCUT2D eigenvalue weighted by molar-refractivity contribution is 7.99. The normalized spacial score (nSPS) is 10.9. The van der Waals surface area contributed by atoms with Crippen molar-refractivity contribution >= 4 is 17.7 Å². The second kappa shape index (κ2) is 4.92. The molecule has 9 heteroatoms. The zero-order chi connectivity index (χ0) is 14.2. The Labute approximate surface area is 113 Å². The second-order valence-corrected chi connectivity index (χ2v) is 4.97. The topological polar surface area (TPSA) is 112 Å². The van der Waals surface area contributed by atoms with E-state index >= 15 is 0 Å². The summed E-state index contributed by atoms with van der Waals surface area (Å²) in [6.07, 6.45) is 0. The molecule has 2 aromatic rings. The molecule has 0 fully saturated rings. The van der Waals surface area contributed by atoms with E-state index in [0.717, 1.165) is 28.7 Å². The number of thioether (sulfide) groups is 1. The van der Waals surface area contributed by atoms with Crippen LogP contribution in [0.25, 0.3) is 11.4 Å². The predicted molar refractivity (Wildman–Crippen MR) is 70.2 cm³/mol. The largest absolute Gasteiger partial charge is 0.481 e. The fourth-order valence-corrected chi connectivity index (χ4v) is 2.35. The lowest BCUT2D eigenvalue weighted by atomic mass is 10.2. The van der Waals surface area contributed by atoms with Crippen molar-refractivity contribution in [2.45, 2.75) is 19.0 Å². The van der Waals surface area contributed by atoms with Crippen LogP contribution < -0.4 is 5.84 Å². The average Bonchev–Trinajstić information content (AvgIpc) is 2.79. The number of nitrogens with zero attached hydrogens (tertiary/aromatic N) is 5. The molecular formula is C10H14N6O2S. The lowest BCUT2D eigenvalue weighted by Crippen LogP contribution is -2.13. The Kier molecular flexibility index (Phi) is 3.47. The van der Waals surface area contributed by atoms with Gasteiger partial charge in [-0.1, -0.05) is 11.8 Å². The van der Waals surface area contributed by atoms with Gasteiger partial charge >= 0.3 is 5.97 Å². The SMILES string of the molecule is Cc1nn(C)c(C)c1-c1nnc(SCC(=O)O)n1N. The molecule has 19 heavy (non-hydrogen) atoms. The van der Waals surface area contributed by atoms with Gasteiger partial charge in [0, 0.05) is 12.7 Å². The van der Waals surface area contributed by atoms with Gasteiger partial charge in [0.05, 0.1) is 17.0 Å². The molecule has 0 unspecified atom stereocenters. The molecule has 0 amide bonds. The lowest BCUT2D eigenvalue weighted by Gasteiger charge is -2.03. The van der Waals surface area contributed by atoms with Gasteiger partial charge in [-0.15, -0.1) is 10.2 Å². The molecule has 0 radical (unpaired) electrons. The number of hydrogen-bond acceptors (Lipinski definition) is 6. The van der Waals surface area contributed by atoms with E-state index < -0.39 is 5.97 Å². The fraction of sp³-hybridized carbons (Fsp3) is 0.400. The smallest absolute Gasteiger partial charge is 0.313 e. The molecule has 0 spiro atoms. The summed E-state index contributed by atoms with van der Waals surface area (Å²) in [7, 11) is 1.84. The Bertz CT molecular complexity index is 632. The first-order chi connectivity index (χ1) is 8.91. The van der Waals surface area contributed by atoms with E-state index in [4.69, 9.17) is 10.9 Å². The number of aromatic nitrogens is 5. The highest BCUT2D eigenvalue weighted by atomic mass is 32.2. The van der Waals surface area contributed by atoms with Crippen LogP contribution in [-0.2, 0) is 11.8 Å². The minimum absolute atomic E-state index is 0.111. The van der Waals surface area contributed by atoms with E-state index in [-0.39, 0.29) is 5.75 Å². The molecule has 0 atom stereocenters. The maximum Gasteiger partial charge on any atom is 0.313 e. The van der Waals surface area contributed by atoms with E-state index in [2.05, 4.69) is 15.3 Å². The van der Waals surface area contributed by atoms with Gasteiger partial charge in [-0.2, -0.15) is 5.10 Å². The van der Waals surface area contributed by atoms with Crippen LogP contribution in [0.2, 0.25) is 0 Å². The summed E-state index contributed by atoms with van der Waals surface area (Å²) in [5, 5.41) is 21.2. The summed E-state index contributed by atoms with van der Waals surface area (Å²) in [5.41, 5.74) is 2.54. The number of carboxylic acids is 1. The Balaban J connectivity index is 2.39. The fourth-order valence-electron chi connectivity index (χ4n) is 1.77. The standard InChI is InChI=1S/C10H14N6O2S/c1-5-8(6(2)15(3)14-5)9-12-13-10(16(9)11)19-4-7(17)18/h4,11H2,1-3H3,(H,17,18). The summed E-state index contributed by atoms with van der Waals surface area (Å²) < 4.78 is 3.04. The molecule has 8 nitrogen and oxygen atoms in total. The van der Waals surface area contributed by atoms with E-state index in [1.165, 1.54) is 4.68 Å². The van der Waals surface area contributed by atoms with E-state index in [1.807, 2.05) is 20.9 Å². The summed E-state index contributed by atoms with van der Waals surface area (Å²) >= 11 is 1.03. The van der Waals surface area contributed by atoms with Gasteiger partial charge in [-0.05, 0) is 13.8 Å². The molecule has 0 aliphatic heterocycles. The maximum atomic E-state index is 10.5. The molecule has 2 aromatic heterocycles. The van der Waals surface area contributed by atoms with Gasteiger partial charge in [-0.25, -0.2) is 4.68 Å². The number of hydrogen-bond donors (Lipinski definition) is 2. The summed E-state index contributed by atoms with van der Waals surface area (Å²) in [6, 6.07) is 0. The summed E-state index contributed by atoms with van der Waals surface area (Å²) in [6.45, 7) is 3.77. The lowest BCUT2D eigenvalue weighted by molar-refractivity contribution is -0.133. The number of carbonyl (C=O) groups is 1. The molecular weight excluding hydrogens is 268 g/mol. The molecule has 0 saturated carbocycles. The first kappa shape index (κ1) is 13.4. The number of aryl methyl sites for hydroxylation is 2. The first-order valence-corrected chi connectivity index (χ1v) is 6.46. The highest BCUT2D eigenvalue weighted by Crippen LogP contribution is 2.26. The van der Waals surface area contributed by atoms with Crippen molar-refractivity contribution in [1.29, 1.82) is 0 Å². The third-order valence-electron chi connectivity index (χ3n) is 2.72. The first-order valence-electron chi connectivity index (χ1n) is 5.47. The zero-order valence-corrected chi connectivity index (χ0v) is 11.6. The molecule has 2 rings (SSSR count).